The molecule has 0 atom stereocenters. The molecule has 6 rings (SSSR count). The standard InChI is InChI=1S/C26H18N4O3S/c1-34(31,32)33-21-14-6-5-11-18(21)26-29-24-19-12-7-15-27-22(19)23-20(13-8-16-28-23)25(24)30(26)17-9-3-2-4-10-17/h2-16H,1H3. The first-order valence-corrected chi connectivity index (χ1v) is 12.4. The second-order valence-electron chi connectivity index (χ2n) is 7.89. The average Bonchev–Trinajstić information content (AvgIpc) is 3.25. The molecule has 3 aromatic carbocycles. The third kappa shape index (κ3) is 3.27. The second-order valence-corrected chi connectivity index (χ2v) is 9.46. The molecule has 0 amide bonds. The molecule has 7 nitrogen and oxygen atoms in total. The lowest BCUT2D eigenvalue weighted by Gasteiger charge is -2.13. The Balaban J connectivity index is 1.83. The van der Waals surface area contributed by atoms with Crippen molar-refractivity contribution in [3.63, 3.8) is 0 Å². The molecule has 3 aromatic heterocycles. The Morgan fingerprint density at radius 3 is 2.12 bits per heavy atom. The number of fused-ring (bicyclic) bond motifs is 6. The van der Waals surface area contributed by atoms with Gasteiger partial charge in [-0.1, -0.05) is 30.3 Å². The number of pyridine rings is 2. The van der Waals surface area contributed by atoms with Crippen LogP contribution in [0, 0.1) is 0 Å². The van der Waals surface area contributed by atoms with E-state index in [4.69, 9.17) is 9.17 Å². The van der Waals surface area contributed by atoms with Crippen molar-refractivity contribution in [3.05, 3.63) is 91.3 Å². The maximum absolute atomic E-state index is 12.0. The Bertz CT molecular complexity index is 1810. The predicted octanol–water partition coefficient (Wildman–Crippen LogP) is 5.13. The molecule has 0 radical (unpaired) electrons. The minimum Gasteiger partial charge on any atom is -0.382 e. The average molecular weight is 467 g/mol. The monoisotopic (exact) mass is 466 g/mol. The first-order chi connectivity index (χ1) is 16.5. The van der Waals surface area contributed by atoms with E-state index in [0.717, 1.165) is 44.8 Å². The fraction of sp³-hybridized carbons (Fsp3) is 0.0385. The lowest BCUT2D eigenvalue weighted by molar-refractivity contribution is 0.493. The number of benzene rings is 3. The Morgan fingerprint density at radius 2 is 1.38 bits per heavy atom. The van der Waals surface area contributed by atoms with Crippen LogP contribution >= 0.6 is 0 Å². The summed E-state index contributed by atoms with van der Waals surface area (Å²) in [5.74, 6) is 0.768. The fourth-order valence-electron chi connectivity index (χ4n) is 4.32. The minimum absolute atomic E-state index is 0.211. The van der Waals surface area contributed by atoms with Gasteiger partial charge < -0.3 is 4.18 Å². The molecule has 166 valence electrons. The molecule has 0 saturated carbocycles. The van der Waals surface area contributed by atoms with Crippen molar-refractivity contribution in [1.82, 2.24) is 19.5 Å². The van der Waals surface area contributed by atoms with Crippen molar-refractivity contribution in [2.24, 2.45) is 0 Å². The zero-order valence-electron chi connectivity index (χ0n) is 18.1. The smallest absolute Gasteiger partial charge is 0.306 e. The second kappa shape index (κ2) is 7.64. The molecule has 0 N–H and O–H groups in total. The van der Waals surface area contributed by atoms with Gasteiger partial charge in [0, 0.05) is 28.9 Å². The number of imidazole rings is 1. The van der Waals surface area contributed by atoms with Gasteiger partial charge in [0.1, 0.15) is 5.82 Å². The highest BCUT2D eigenvalue weighted by Crippen LogP contribution is 2.39. The first kappa shape index (κ1) is 20.3. The lowest BCUT2D eigenvalue weighted by Crippen LogP contribution is -2.07. The van der Waals surface area contributed by atoms with Crippen LogP contribution in [0.4, 0.5) is 0 Å². The van der Waals surface area contributed by atoms with Gasteiger partial charge in [-0.05, 0) is 48.5 Å². The molecule has 0 aliphatic rings. The van der Waals surface area contributed by atoms with E-state index in [-0.39, 0.29) is 5.75 Å². The quantitative estimate of drug-likeness (QED) is 0.265. The number of hydrogen-bond donors (Lipinski definition) is 0. The molecule has 0 saturated heterocycles. The summed E-state index contributed by atoms with van der Waals surface area (Å²) in [6.45, 7) is 0. The lowest BCUT2D eigenvalue weighted by atomic mass is 10.1. The summed E-state index contributed by atoms with van der Waals surface area (Å²) in [5.41, 5.74) is 4.57. The van der Waals surface area contributed by atoms with Crippen molar-refractivity contribution < 1.29 is 12.6 Å². The maximum atomic E-state index is 12.0. The van der Waals surface area contributed by atoms with Gasteiger partial charge in [-0.15, -0.1) is 0 Å². The van der Waals surface area contributed by atoms with Crippen molar-refractivity contribution in [1.29, 1.82) is 0 Å². The molecule has 0 unspecified atom stereocenters. The van der Waals surface area contributed by atoms with Gasteiger partial charge in [0.05, 0.1) is 33.9 Å². The van der Waals surface area contributed by atoms with E-state index in [0.29, 0.717) is 11.4 Å². The van der Waals surface area contributed by atoms with E-state index < -0.39 is 10.1 Å². The van der Waals surface area contributed by atoms with Gasteiger partial charge in [-0.3, -0.25) is 14.5 Å². The van der Waals surface area contributed by atoms with Crippen LogP contribution in [-0.4, -0.2) is 34.2 Å². The van der Waals surface area contributed by atoms with Crippen LogP contribution in [-0.2, 0) is 10.1 Å². The molecule has 0 aliphatic heterocycles. The van der Waals surface area contributed by atoms with Crippen LogP contribution in [0.2, 0.25) is 0 Å². The number of nitrogens with zero attached hydrogens (tertiary/aromatic N) is 4. The Labute approximate surface area is 195 Å². The third-order valence-corrected chi connectivity index (χ3v) is 6.09. The van der Waals surface area contributed by atoms with E-state index in [1.54, 1.807) is 24.5 Å². The highest BCUT2D eigenvalue weighted by atomic mass is 32.2. The zero-order chi connectivity index (χ0) is 23.3. The summed E-state index contributed by atoms with van der Waals surface area (Å²) >= 11 is 0. The summed E-state index contributed by atoms with van der Waals surface area (Å²) < 4.78 is 31.4. The SMILES string of the molecule is CS(=O)(=O)Oc1ccccc1-c1nc2c3cccnc3c3ncccc3c2n1-c1ccccc1. The molecule has 3 heterocycles. The van der Waals surface area contributed by atoms with E-state index in [9.17, 15) is 8.42 Å². The van der Waals surface area contributed by atoms with Crippen molar-refractivity contribution >= 4 is 43.0 Å². The van der Waals surface area contributed by atoms with E-state index >= 15 is 0 Å². The summed E-state index contributed by atoms with van der Waals surface area (Å²) in [6, 6.07) is 24.6. The molecule has 0 aliphatic carbocycles. The van der Waals surface area contributed by atoms with Crippen LogP contribution in [0.1, 0.15) is 0 Å². The van der Waals surface area contributed by atoms with E-state index in [2.05, 4.69) is 9.97 Å². The van der Waals surface area contributed by atoms with Crippen molar-refractivity contribution in [2.45, 2.75) is 0 Å². The van der Waals surface area contributed by atoms with Crippen molar-refractivity contribution in [3.8, 4) is 22.8 Å². The highest BCUT2D eigenvalue weighted by molar-refractivity contribution is 7.86. The number of hydrogen-bond acceptors (Lipinski definition) is 6. The number of para-hydroxylation sites is 2. The summed E-state index contributed by atoms with van der Waals surface area (Å²) in [7, 11) is -3.74. The Morgan fingerprint density at radius 1 is 0.735 bits per heavy atom. The molecule has 0 fully saturated rings. The number of aromatic nitrogens is 4. The largest absolute Gasteiger partial charge is 0.382 e. The van der Waals surface area contributed by atoms with E-state index in [1.165, 1.54) is 0 Å². The normalized spacial score (nSPS) is 11.9. The molecular formula is C26H18N4O3S. The molecule has 6 aromatic rings. The van der Waals surface area contributed by atoms with Gasteiger partial charge >= 0.3 is 10.1 Å². The Hall–Kier alpha value is -4.30. The first-order valence-electron chi connectivity index (χ1n) is 10.6. The van der Waals surface area contributed by atoms with Crippen LogP contribution in [0.15, 0.2) is 91.3 Å². The molecule has 0 spiro atoms. The molecule has 8 heteroatoms. The van der Waals surface area contributed by atoms with E-state index in [1.807, 2.05) is 71.3 Å². The molecule has 34 heavy (non-hydrogen) atoms. The fourth-order valence-corrected chi connectivity index (χ4v) is 4.79. The van der Waals surface area contributed by atoms with Crippen LogP contribution < -0.4 is 4.18 Å². The topological polar surface area (TPSA) is 87.0 Å². The number of rotatable bonds is 4. The van der Waals surface area contributed by atoms with Gasteiger partial charge in [0.25, 0.3) is 0 Å². The van der Waals surface area contributed by atoms with Crippen molar-refractivity contribution in [2.75, 3.05) is 6.26 Å². The minimum atomic E-state index is -3.74. The maximum Gasteiger partial charge on any atom is 0.306 e. The summed E-state index contributed by atoms with van der Waals surface area (Å²) in [4.78, 5) is 14.3. The highest BCUT2D eigenvalue weighted by Gasteiger charge is 2.23. The Kier molecular flexibility index (Phi) is 4.56. The van der Waals surface area contributed by atoms with Gasteiger partial charge in [-0.2, -0.15) is 8.42 Å². The summed E-state index contributed by atoms with van der Waals surface area (Å²) in [5, 5.41) is 1.76. The van der Waals surface area contributed by atoms with Gasteiger partial charge in [0.2, 0.25) is 0 Å². The van der Waals surface area contributed by atoms with Gasteiger partial charge in [0.15, 0.2) is 5.75 Å². The van der Waals surface area contributed by atoms with Crippen LogP contribution in [0.25, 0.3) is 49.9 Å². The molecule has 0 bridgehead atoms. The zero-order valence-corrected chi connectivity index (χ0v) is 18.9. The summed E-state index contributed by atoms with van der Waals surface area (Å²) in [6.07, 6.45) is 4.52. The van der Waals surface area contributed by atoms with Crippen LogP contribution in [0.3, 0.4) is 0 Å². The van der Waals surface area contributed by atoms with Crippen LogP contribution in [0.5, 0.6) is 5.75 Å². The predicted molar refractivity (Wildman–Crippen MR) is 133 cm³/mol. The third-order valence-electron chi connectivity index (χ3n) is 5.61. The van der Waals surface area contributed by atoms with Gasteiger partial charge in [-0.25, -0.2) is 4.98 Å². The molecular weight excluding hydrogens is 448 g/mol.